The highest BCUT2D eigenvalue weighted by molar-refractivity contribution is 6.14. The number of amides is 1. The van der Waals surface area contributed by atoms with E-state index in [2.05, 4.69) is 4.98 Å². The number of carbonyl (C=O) groups excluding carboxylic acids is 2. The Bertz CT molecular complexity index is 429. The molecule has 0 fully saturated rings. The summed E-state index contributed by atoms with van der Waals surface area (Å²) in [6, 6.07) is 5.22. The molecule has 0 saturated heterocycles. The van der Waals surface area contributed by atoms with E-state index in [1.165, 1.54) is 13.2 Å². The number of nitrogens with zero attached hydrogens (tertiary/aromatic N) is 2. The van der Waals surface area contributed by atoms with Crippen molar-refractivity contribution in [2.75, 3.05) is 13.7 Å². The molecule has 0 unspecified atom stereocenters. The average Bonchev–Trinajstić information content (AvgIpc) is 2.42. The van der Waals surface area contributed by atoms with E-state index >= 15 is 0 Å². The highest BCUT2D eigenvalue weighted by Crippen LogP contribution is 2.06. The normalized spacial score (nSPS) is 11.1. The van der Waals surface area contributed by atoms with Crippen molar-refractivity contribution in [2.24, 2.45) is 0 Å². The predicted molar refractivity (Wildman–Crippen MR) is 66.9 cm³/mol. The first-order chi connectivity index (χ1) is 8.72. The molecule has 0 bridgehead atoms. The molecular weight excluding hydrogens is 232 g/mol. The van der Waals surface area contributed by atoms with Gasteiger partial charge in [0.1, 0.15) is 0 Å². The standard InChI is InChI=1S/C13H15N2O3/c1-3-8-15(18-2)13(17)11(10-16)9-12-6-4-5-7-14-12/h4-7,9H,3,8H2,1-2H3. The van der Waals surface area contributed by atoms with E-state index in [1.54, 1.807) is 30.7 Å². The zero-order valence-electron chi connectivity index (χ0n) is 10.4. The van der Waals surface area contributed by atoms with E-state index in [-0.39, 0.29) is 5.57 Å². The fourth-order valence-corrected chi connectivity index (χ4v) is 1.36. The predicted octanol–water partition coefficient (Wildman–Crippen LogP) is 1.37. The molecule has 0 aliphatic heterocycles. The van der Waals surface area contributed by atoms with Gasteiger partial charge in [-0.2, -0.15) is 0 Å². The second kappa shape index (κ2) is 7.34. The molecule has 0 N–H and O–H groups in total. The molecule has 1 radical (unpaired) electrons. The molecule has 0 aromatic carbocycles. The van der Waals surface area contributed by atoms with Crippen molar-refractivity contribution in [3.63, 3.8) is 0 Å². The third-order valence-electron chi connectivity index (χ3n) is 2.19. The van der Waals surface area contributed by atoms with Crippen molar-refractivity contribution in [2.45, 2.75) is 13.3 Å². The van der Waals surface area contributed by atoms with Crippen LogP contribution in [0, 0.1) is 0 Å². The van der Waals surface area contributed by atoms with Gasteiger partial charge >= 0.3 is 0 Å². The van der Waals surface area contributed by atoms with Crippen LogP contribution in [0.5, 0.6) is 0 Å². The quantitative estimate of drug-likeness (QED) is 0.330. The van der Waals surface area contributed by atoms with Crippen LogP contribution >= 0.6 is 0 Å². The Labute approximate surface area is 106 Å². The van der Waals surface area contributed by atoms with Crippen molar-refractivity contribution in [3.8, 4) is 0 Å². The van der Waals surface area contributed by atoms with Gasteiger partial charge < -0.3 is 0 Å². The van der Waals surface area contributed by atoms with Crippen LogP contribution in [0.1, 0.15) is 19.0 Å². The summed E-state index contributed by atoms with van der Waals surface area (Å²) in [5, 5.41) is 1.12. The van der Waals surface area contributed by atoms with Gasteiger partial charge in [0.05, 0.1) is 18.4 Å². The molecule has 0 saturated carbocycles. The summed E-state index contributed by atoms with van der Waals surface area (Å²) < 4.78 is 0. The van der Waals surface area contributed by atoms with Crippen LogP contribution in [0.3, 0.4) is 0 Å². The fourth-order valence-electron chi connectivity index (χ4n) is 1.36. The second-order valence-corrected chi connectivity index (χ2v) is 3.50. The second-order valence-electron chi connectivity index (χ2n) is 3.50. The Kier molecular flexibility index (Phi) is 5.73. The first-order valence-corrected chi connectivity index (χ1v) is 5.59. The van der Waals surface area contributed by atoms with Crippen LogP contribution in [0.15, 0.2) is 30.0 Å². The number of hydrogen-bond acceptors (Lipinski definition) is 4. The molecule has 95 valence electrons. The highest BCUT2D eigenvalue weighted by Gasteiger charge is 2.18. The van der Waals surface area contributed by atoms with Crippen molar-refractivity contribution in [1.82, 2.24) is 10.0 Å². The topological polar surface area (TPSA) is 59.5 Å². The van der Waals surface area contributed by atoms with Gasteiger partial charge in [-0.05, 0) is 24.6 Å². The van der Waals surface area contributed by atoms with E-state index < -0.39 is 5.91 Å². The van der Waals surface area contributed by atoms with Crippen molar-refractivity contribution in [3.05, 3.63) is 35.7 Å². The lowest BCUT2D eigenvalue weighted by Crippen LogP contribution is -2.32. The molecule has 0 spiro atoms. The molecule has 5 nitrogen and oxygen atoms in total. The summed E-state index contributed by atoms with van der Waals surface area (Å²) in [6.45, 7) is 2.32. The minimum Gasteiger partial charge on any atom is -0.285 e. The lowest BCUT2D eigenvalue weighted by molar-refractivity contribution is -0.170. The van der Waals surface area contributed by atoms with Gasteiger partial charge in [0, 0.05) is 12.7 Å². The van der Waals surface area contributed by atoms with Gasteiger partial charge in [0.25, 0.3) is 5.91 Å². The highest BCUT2D eigenvalue weighted by atomic mass is 16.7. The summed E-state index contributed by atoms with van der Waals surface area (Å²) in [4.78, 5) is 31.7. The van der Waals surface area contributed by atoms with Gasteiger partial charge in [0.15, 0.2) is 0 Å². The third kappa shape index (κ3) is 3.78. The van der Waals surface area contributed by atoms with Gasteiger partial charge in [-0.15, -0.1) is 0 Å². The summed E-state index contributed by atoms with van der Waals surface area (Å²) >= 11 is 0. The van der Waals surface area contributed by atoms with Gasteiger partial charge in [-0.3, -0.25) is 19.4 Å². The largest absolute Gasteiger partial charge is 0.285 e. The first kappa shape index (κ1) is 14.1. The summed E-state index contributed by atoms with van der Waals surface area (Å²) in [5.41, 5.74) is 0.417. The molecule has 1 amide bonds. The van der Waals surface area contributed by atoms with Crippen LogP contribution in [-0.2, 0) is 14.4 Å². The maximum absolute atomic E-state index is 11.9. The van der Waals surface area contributed by atoms with Crippen molar-refractivity contribution >= 4 is 18.3 Å². The van der Waals surface area contributed by atoms with E-state index in [9.17, 15) is 9.59 Å². The van der Waals surface area contributed by atoms with E-state index in [0.29, 0.717) is 12.2 Å². The molecule has 1 heterocycles. The van der Waals surface area contributed by atoms with E-state index in [4.69, 9.17) is 4.84 Å². The summed E-state index contributed by atoms with van der Waals surface area (Å²) in [5.74, 6) is -0.514. The number of hydroxylamine groups is 2. The molecule has 1 rings (SSSR count). The van der Waals surface area contributed by atoms with Gasteiger partial charge in [0.2, 0.25) is 6.29 Å². The molecule has 0 atom stereocenters. The third-order valence-corrected chi connectivity index (χ3v) is 2.19. The van der Waals surface area contributed by atoms with Crippen LogP contribution in [0.25, 0.3) is 6.08 Å². The smallest absolute Gasteiger partial charge is 0.281 e. The van der Waals surface area contributed by atoms with Crippen molar-refractivity contribution < 1.29 is 14.4 Å². The molecule has 18 heavy (non-hydrogen) atoms. The Morgan fingerprint density at radius 1 is 1.56 bits per heavy atom. The zero-order valence-corrected chi connectivity index (χ0v) is 10.4. The Morgan fingerprint density at radius 3 is 2.83 bits per heavy atom. The molecule has 5 heteroatoms. The molecular formula is C13H15N2O3. The number of hydrogen-bond donors (Lipinski definition) is 0. The first-order valence-electron chi connectivity index (χ1n) is 5.59. The minimum atomic E-state index is -0.514. The Morgan fingerprint density at radius 2 is 2.33 bits per heavy atom. The van der Waals surface area contributed by atoms with Crippen LogP contribution < -0.4 is 0 Å². The number of pyridine rings is 1. The van der Waals surface area contributed by atoms with E-state index in [0.717, 1.165) is 11.5 Å². The summed E-state index contributed by atoms with van der Waals surface area (Å²) in [7, 11) is 1.39. The SMILES string of the molecule is CCCN(OC)C(=O)C([C]=O)=Cc1ccccn1. The monoisotopic (exact) mass is 247 g/mol. The van der Waals surface area contributed by atoms with E-state index in [1.807, 2.05) is 6.92 Å². The lowest BCUT2D eigenvalue weighted by Gasteiger charge is -2.18. The zero-order chi connectivity index (χ0) is 13.4. The Hall–Kier alpha value is -2.01. The lowest BCUT2D eigenvalue weighted by atomic mass is 10.2. The number of aromatic nitrogens is 1. The molecule has 0 aliphatic rings. The van der Waals surface area contributed by atoms with Crippen LogP contribution in [0.4, 0.5) is 0 Å². The maximum atomic E-state index is 11.9. The molecule has 1 aromatic heterocycles. The van der Waals surface area contributed by atoms with Gasteiger partial charge in [-0.1, -0.05) is 13.0 Å². The van der Waals surface area contributed by atoms with Crippen LogP contribution in [-0.4, -0.2) is 35.9 Å². The summed E-state index contributed by atoms with van der Waals surface area (Å²) in [6.07, 6.45) is 5.32. The average molecular weight is 247 g/mol. The number of rotatable bonds is 6. The molecule has 1 aromatic rings. The Balaban J connectivity index is 2.92. The fraction of sp³-hybridized carbons (Fsp3) is 0.308. The minimum absolute atomic E-state index is 0.107. The van der Waals surface area contributed by atoms with Gasteiger partial charge in [-0.25, -0.2) is 5.06 Å². The van der Waals surface area contributed by atoms with Crippen molar-refractivity contribution in [1.29, 1.82) is 0 Å². The van der Waals surface area contributed by atoms with Crippen LogP contribution in [0.2, 0.25) is 0 Å². The molecule has 0 aliphatic carbocycles. The maximum Gasteiger partial charge on any atom is 0.281 e. The number of carbonyl (C=O) groups is 1.